The van der Waals surface area contributed by atoms with Gasteiger partial charge in [0.25, 0.3) is 0 Å². The van der Waals surface area contributed by atoms with E-state index in [1.54, 1.807) is 0 Å². The molecule has 2 atom stereocenters. The smallest absolute Gasteiger partial charge is 0.327 e. The lowest BCUT2D eigenvalue weighted by Crippen LogP contribution is -2.51. The summed E-state index contributed by atoms with van der Waals surface area (Å²) in [5.41, 5.74) is 0. The average Bonchev–Trinajstić information content (AvgIpc) is 2.77. The van der Waals surface area contributed by atoms with Gasteiger partial charge in [-0.3, -0.25) is 4.90 Å². The Morgan fingerprint density at radius 3 is 2.50 bits per heavy atom. The van der Waals surface area contributed by atoms with Gasteiger partial charge < -0.3 is 10.0 Å². The Bertz CT molecular complexity index is 479. The van der Waals surface area contributed by atoms with Crippen LogP contribution in [0, 0.1) is 0 Å². The number of hydrogen-bond donors (Lipinski definition) is 1. The number of sulfone groups is 1. The molecule has 1 N–H and O–H groups in total. The van der Waals surface area contributed by atoms with Crippen molar-refractivity contribution < 1.29 is 23.1 Å². The molecule has 1 aliphatic heterocycles. The zero-order valence-electron chi connectivity index (χ0n) is 11.8. The van der Waals surface area contributed by atoms with Crippen LogP contribution < -0.4 is 0 Å². The summed E-state index contributed by atoms with van der Waals surface area (Å²) in [4.78, 5) is 26.1. The van der Waals surface area contributed by atoms with Crippen molar-refractivity contribution in [1.82, 2.24) is 9.80 Å². The first-order valence-electron chi connectivity index (χ1n) is 6.23. The standard InChI is InChI=1S/C11H20N2O5S2/c1-4-9-13(8(7-19-9)10(14)15)11(16)12(2)5-6-20(3,17)18/h8-9H,4-7H2,1-3H3,(H,14,15). The predicted octanol–water partition coefficient (Wildman–Crippen LogP) is 0.321. The van der Waals surface area contributed by atoms with E-state index < -0.39 is 27.9 Å². The zero-order valence-corrected chi connectivity index (χ0v) is 13.4. The molecule has 0 aromatic heterocycles. The second-order valence-corrected chi connectivity index (χ2v) is 8.26. The summed E-state index contributed by atoms with van der Waals surface area (Å²) < 4.78 is 22.2. The number of aliphatic carboxylic acids is 1. The van der Waals surface area contributed by atoms with Crippen molar-refractivity contribution >= 4 is 33.6 Å². The van der Waals surface area contributed by atoms with E-state index in [0.29, 0.717) is 12.2 Å². The van der Waals surface area contributed by atoms with Gasteiger partial charge in [0.15, 0.2) is 0 Å². The SMILES string of the molecule is CCC1SCC(C(=O)O)N1C(=O)N(C)CCS(C)(=O)=O. The molecule has 0 radical (unpaired) electrons. The highest BCUT2D eigenvalue weighted by molar-refractivity contribution is 8.00. The van der Waals surface area contributed by atoms with Crippen LogP contribution >= 0.6 is 11.8 Å². The van der Waals surface area contributed by atoms with Gasteiger partial charge in [0, 0.05) is 25.6 Å². The third kappa shape index (κ3) is 4.27. The third-order valence-corrected chi connectivity index (χ3v) is 5.45. The van der Waals surface area contributed by atoms with Crippen LogP contribution in [-0.2, 0) is 14.6 Å². The molecule has 0 spiro atoms. The predicted molar refractivity (Wildman–Crippen MR) is 77.5 cm³/mol. The fourth-order valence-corrected chi connectivity index (χ4v) is 3.87. The highest BCUT2D eigenvalue weighted by atomic mass is 32.2. The van der Waals surface area contributed by atoms with Crippen molar-refractivity contribution in [2.45, 2.75) is 24.8 Å². The Balaban J connectivity index is 2.78. The Labute approximate surface area is 123 Å². The van der Waals surface area contributed by atoms with Gasteiger partial charge in [-0.25, -0.2) is 18.0 Å². The van der Waals surface area contributed by atoms with Crippen LogP contribution in [0.1, 0.15) is 13.3 Å². The molecule has 9 heteroatoms. The highest BCUT2D eigenvalue weighted by Gasteiger charge is 2.41. The summed E-state index contributed by atoms with van der Waals surface area (Å²) in [7, 11) is -1.67. The zero-order chi connectivity index (χ0) is 15.5. The summed E-state index contributed by atoms with van der Waals surface area (Å²) in [6, 6.07) is -1.28. The highest BCUT2D eigenvalue weighted by Crippen LogP contribution is 2.32. The first kappa shape index (κ1) is 17.1. The molecule has 116 valence electrons. The molecule has 2 amide bonds. The normalized spacial score (nSPS) is 22.9. The van der Waals surface area contributed by atoms with Crippen LogP contribution in [0.4, 0.5) is 4.79 Å². The summed E-state index contributed by atoms with van der Waals surface area (Å²) in [6.07, 6.45) is 1.76. The van der Waals surface area contributed by atoms with E-state index in [9.17, 15) is 18.0 Å². The van der Waals surface area contributed by atoms with E-state index in [1.165, 1.54) is 28.6 Å². The average molecular weight is 324 g/mol. The fourth-order valence-electron chi connectivity index (χ4n) is 1.92. The molecule has 0 aromatic rings. The molecule has 1 rings (SSSR count). The Kier molecular flexibility index (Phi) is 5.69. The van der Waals surface area contributed by atoms with Gasteiger partial charge in [0.05, 0.1) is 11.1 Å². The van der Waals surface area contributed by atoms with Crippen molar-refractivity contribution in [2.75, 3.05) is 31.4 Å². The van der Waals surface area contributed by atoms with Gasteiger partial charge in [0.2, 0.25) is 0 Å². The molecule has 20 heavy (non-hydrogen) atoms. The molecule has 1 fully saturated rings. The molecule has 1 heterocycles. The molecule has 1 saturated heterocycles. The monoisotopic (exact) mass is 324 g/mol. The number of hydrogen-bond acceptors (Lipinski definition) is 5. The molecule has 1 aliphatic rings. The Hall–Kier alpha value is -0.960. The summed E-state index contributed by atoms with van der Waals surface area (Å²) in [5.74, 6) is -0.803. The van der Waals surface area contributed by atoms with Crippen LogP contribution in [0.25, 0.3) is 0 Å². The molecule has 2 unspecified atom stereocenters. The van der Waals surface area contributed by atoms with E-state index in [2.05, 4.69) is 0 Å². The number of carboxylic acids is 1. The van der Waals surface area contributed by atoms with Crippen molar-refractivity contribution in [2.24, 2.45) is 0 Å². The van der Waals surface area contributed by atoms with Crippen molar-refractivity contribution in [3.8, 4) is 0 Å². The number of carbonyl (C=O) groups excluding carboxylic acids is 1. The van der Waals surface area contributed by atoms with E-state index in [0.717, 1.165) is 6.26 Å². The number of urea groups is 1. The number of rotatable bonds is 5. The van der Waals surface area contributed by atoms with Crippen LogP contribution in [-0.4, -0.2) is 78.1 Å². The summed E-state index contributed by atoms with van der Waals surface area (Å²) in [6.45, 7) is 1.94. The van der Waals surface area contributed by atoms with Gasteiger partial charge in [-0.2, -0.15) is 0 Å². The molecule has 7 nitrogen and oxygen atoms in total. The van der Waals surface area contributed by atoms with Crippen molar-refractivity contribution in [3.63, 3.8) is 0 Å². The first-order chi connectivity index (χ1) is 9.17. The lowest BCUT2D eigenvalue weighted by molar-refractivity contribution is -0.141. The molecule has 0 aromatic carbocycles. The fraction of sp³-hybridized carbons (Fsp3) is 0.818. The topological polar surface area (TPSA) is 95.0 Å². The maximum atomic E-state index is 12.3. The lowest BCUT2D eigenvalue weighted by atomic mass is 10.2. The van der Waals surface area contributed by atoms with Crippen molar-refractivity contribution in [1.29, 1.82) is 0 Å². The lowest BCUT2D eigenvalue weighted by Gasteiger charge is -2.31. The van der Waals surface area contributed by atoms with Crippen LogP contribution in [0.2, 0.25) is 0 Å². The largest absolute Gasteiger partial charge is 0.480 e. The minimum absolute atomic E-state index is 0.0571. The number of thioether (sulfide) groups is 1. The van der Waals surface area contributed by atoms with Crippen LogP contribution in [0.3, 0.4) is 0 Å². The quantitative estimate of drug-likeness (QED) is 0.782. The van der Waals surface area contributed by atoms with Gasteiger partial charge >= 0.3 is 12.0 Å². The van der Waals surface area contributed by atoms with E-state index in [-0.39, 0.29) is 17.7 Å². The van der Waals surface area contributed by atoms with Gasteiger partial charge in [0.1, 0.15) is 15.9 Å². The van der Waals surface area contributed by atoms with Gasteiger partial charge in [-0.15, -0.1) is 11.8 Å². The second kappa shape index (κ2) is 6.66. The Morgan fingerprint density at radius 2 is 2.05 bits per heavy atom. The van der Waals surface area contributed by atoms with E-state index >= 15 is 0 Å². The molecule has 0 bridgehead atoms. The number of carbonyl (C=O) groups is 2. The minimum Gasteiger partial charge on any atom is -0.480 e. The molecular formula is C11H20N2O5S2. The molecule has 0 aliphatic carbocycles. The molecule has 0 saturated carbocycles. The molecular weight excluding hydrogens is 304 g/mol. The summed E-state index contributed by atoms with van der Waals surface area (Å²) >= 11 is 1.44. The van der Waals surface area contributed by atoms with Crippen LogP contribution in [0.5, 0.6) is 0 Å². The van der Waals surface area contributed by atoms with Gasteiger partial charge in [-0.1, -0.05) is 6.92 Å². The Morgan fingerprint density at radius 1 is 1.45 bits per heavy atom. The second-order valence-electron chi connectivity index (χ2n) is 4.79. The van der Waals surface area contributed by atoms with Crippen LogP contribution in [0.15, 0.2) is 0 Å². The summed E-state index contributed by atoms with van der Waals surface area (Å²) in [5, 5.41) is 8.99. The third-order valence-electron chi connectivity index (χ3n) is 3.07. The number of amides is 2. The van der Waals surface area contributed by atoms with E-state index in [4.69, 9.17) is 5.11 Å². The number of nitrogens with zero attached hydrogens (tertiary/aromatic N) is 2. The minimum atomic E-state index is -3.16. The number of carboxylic acid groups (broad SMARTS) is 1. The van der Waals surface area contributed by atoms with Crippen molar-refractivity contribution in [3.05, 3.63) is 0 Å². The maximum Gasteiger partial charge on any atom is 0.327 e. The first-order valence-corrected chi connectivity index (χ1v) is 9.34. The maximum absolute atomic E-state index is 12.3. The van der Waals surface area contributed by atoms with E-state index in [1.807, 2.05) is 6.92 Å². The van der Waals surface area contributed by atoms with Gasteiger partial charge in [-0.05, 0) is 6.42 Å².